The summed E-state index contributed by atoms with van der Waals surface area (Å²) in [6.07, 6.45) is 2.36. The number of amides is 1. The van der Waals surface area contributed by atoms with Crippen molar-refractivity contribution in [3.8, 4) is 0 Å². The zero-order valence-corrected chi connectivity index (χ0v) is 16.1. The van der Waals surface area contributed by atoms with Crippen LogP contribution in [0.25, 0.3) is 0 Å². The smallest absolute Gasteiger partial charge is 0.220 e. The number of likely N-dealkylation sites (tertiary alicyclic amines) is 1. The van der Waals surface area contributed by atoms with Gasteiger partial charge in [0.2, 0.25) is 5.91 Å². The Balaban J connectivity index is 1.38. The number of carbonyl (C=O) groups is 1. The van der Waals surface area contributed by atoms with Gasteiger partial charge in [0.25, 0.3) is 0 Å². The minimum absolute atomic E-state index is 0.127. The number of aromatic amines is 1. The maximum Gasteiger partial charge on any atom is 0.220 e. The predicted octanol–water partition coefficient (Wildman–Crippen LogP) is 2.91. The monoisotopic (exact) mass is 354 g/mol. The van der Waals surface area contributed by atoms with Gasteiger partial charge in [0, 0.05) is 38.2 Å². The van der Waals surface area contributed by atoms with Crippen molar-refractivity contribution in [2.45, 2.75) is 46.6 Å². The van der Waals surface area contributed by atoms with Crippen molar-refractivity contribution in [2.24, 2.45) is 5.92 Å². The summed E-state index contributed by atoms with van der Waals surface area (Å²) < 4.78 is 0. The molecule has 1 atom stereocenters. The lowest BCUT2D eigenvalue weighted by Crippen LogP contribution is -2.31. The standard InChI is InChI=1S/C21H30N4O/c1-15-6-4-5-7-19(15)14-25-11-10-18(13-25)12-22-21(26)9-8-20-16(2)17(3)23-24-20/h4-7,18H,8-14H2,1-3H3,(H,22,26)(H,23,24)/t18-/m1/s1. The Kier molecular flexibility index (Phi) is 6.09. The highest BCUT2D eigenvalue weighted by Crippen LogP contribution is 2.19. The molecule has 2 N–H and O–H groups in total. The van der Waals surface area contributed by atoms with Gasteiger partial charge in [0.05, 0.1) is 5.69 Å². The van der Waals surface area contributed by atoms with E-state index < -0.39 is 0 Å². The summed E-state index contributed by atoms with van der Waals surface area (Å²) in [5.41, 5.74) is 6.01. The van der Waals surface area contributed by atoms with Crippen LogP contribution in [0.2, 0.25) is 0 Å². The lowest BCUT2D eigenvalue weighted by atomic mass is 10.1. The van der Waals surface area contributed by atoms with Crippen molar-refractivity contribution < 1.29 is 4.79 Å². The van der Waals surface area contributed by atoms with Gasteiger partial charge >= 0.3 is 0 Å². The Bertz CT molecular complexity index is 752. The average molecular weight is 354 g/mol. The van der Waals surface area contributed by atoms with Gasteiger partial charge in [-0.3, -0.25) is 14.8 Å². The van der Waals surface area contributed by atoms with E-state index in [1.807, 2.05) is 13.8 Å². The largest absolute Gasteiger partial charge is 0.356 e. The molecule has 1 aromatic carbocycles. The van der Waals surface area contributed by atoms with E-state index in [-0.39, 0.29) is 5.91 Å². The summed E-state index contributed by atoms with van der Waals surface area (Å²) in [6.45, 7) is 10.2. The summed E-state index contributed by atoms with van der Waals surface area (Å²) in [5.74, 6) is 0.680. The minimum atomic E-state index is 0.127. The molecule has 3 rings (SSSR count). The summed E-state index contributed by atoms with van der Waals surface area (Å²) in [6, 6.07) is 8.58. The second kappa shape index (κ2) is 8.49. The lowest BCUT2D eigenvalue weighted by Gasteiger charge is -2.17. The Hall–Kier alpha value is -2.14. The summed E-state index contributed by atoms with van der Waals surface area (Å²) in [5, 5.41) is 10.4. The maximum atomic E-state index is 12.1. The molecule has 0 bridgehead atoms. The first kappa shape index (κ1) is 18.6. The van der Waals surface area contributed by atoms with Gasteiger partial charge < -0.3 is 5.32 Å². The van der Waals surface area contributed by atoms with Crippen molar-refractivity contribution >= 4 is 5.91 Å². The van der Waals surface area contributed by atoms with Crippen LogP contribution in [0.5, 0.6) is 0 Å². The fourth-order valence-electron chi connectivity index (χ4n) is 3.61. The highest BCUT2D eigenvalue weighted by Gasteiger charge is 2.23. The SMILES string of the molecule is Cc1ccccc1CN1CC[C@H](CNC(=O)CCc2n[nH]c(C)c2C)C1. The van der Waals surface area contributed by atoms with Crippen LogP contribution < -0.4 is 5.32 Å². The number of aryl methyl sites for hydroxylation is 3. The number of nitrogens with one attached hydrogen (secondary N) is 2. The van der Waals surface area contributed by atoms with Gasteiger partial charge in [-0.2, -0.15) is 5.10 Å². The first-order chi connectivity index (χ1) is 12.5. The number of carbonyl (C=O) groups excluding carboxylic acids is 1. The number of aromatic nitrogens is 2. The molecule has 1 saturated heterocycles. The van der Waals surface area contributed by atoms with E-state index in [0.717, 1.165) is 44.0 Å². The highest BCUT2D eigenvalue weighted by atomic mass is 16.1. The molecule has 2 heterocycles. The summed E-state index contributed by atoms with van der Waals surface area (Å²) >= 11 is 0. The minimum Gasteiger partial charge on any atom is -0.356 e. The molecule has 1 fully saturated rings. The number of hydrogen-bond donors (Lipinski definition) is 2. The van der Waals surface area contributed by atoms with Crippen LogP contribution in [0.15, 0.2) is 24.3 Å². The van der Waals surface area contributed by atoms with E-state index in [1.54, 1.807) is 0 Å². The van der Waals surface area contributed by atoms with Crippen LogP contribution in [0.3, 0.4) is 0 Å². The molecule has 140 valence electrons. The molecule has 1 aromatic heterocycles. The molecule has 5 heteroatoms. The van der Waals surface area contributed by atoms with Crippen molar-refractivity contribution in [3.05, 3.63) is 52.3 Å². The van der Waals surface area contributed by atoms with E-state index in [1.165, 1.54) is 16.7 Å². The molecule has 1 aliphatic heterocycles. The molecule has 2 aromatic rings. The molecule has 0 saturated carbocycles. The van der Waals surface area contributed by atoms with Crippen LogP contribution in [-0.2, 0) is 17.8 Å². The van der Waals surface area contributed by atoms with E-state index in [0.29, 0.717) is 18.8 Å². The van der Waals surface area contributed by atoms with Crippen molar-refractivity contribution in [3.63, 3.8) is 0 Å². The Morgan fingerprint density at radius 1 is 1.31 bits per heavy atom. The molecule has 0 spiro atoms. The zero-order chi connectivity index (χ0) is 18.5. The number of H-pyrrole nitrogens is 1. The van der Waals surface area contributed by atoms with Gasteiger partial charge in [-0.15, -0.1) is 0 Å². The number of rotatable bonds is 7. The van der Waals surface area contributed by atoms with Gasteiger partial charge in [0.15, 0.2) is 0 Å². The molecule has 0 aliphatic carbocycles. The quantitative estimate of drug-likeness (QED) is 0.804. The third-order valence-corrected chi connectivity index (χ3v) is 5.56. The Labute approximate surface area is 156 Å². The van der Waals surface area contributed by atoms with Crippen LogP contribution >= 0.6 is 0 Å². The van der Waals surface area contributed by atoms with Gasteiger partial charge in [-0.1, -0.05) is 24.3 Å². The molecular weight excluding hydrogens is 324 g/mol. The highest BCUT2D eigenvalue weighted by molar-refractivity contribution is 5.76. The second-order valence-corrected chi connectivity index (χ2v) is 7.54. The zero-order valence-electron chi connectivity index (χ0n) is 16.1. The Morgan fingerprint density at radius 2 is 2.12 bits per heavy atom. The average Bonchev–Trinajstić information content (AvgIpc) is 3.21. The third kappa shape index (κ3) is 4.73. The molecule has 1 amide bonds. The predicted molar refractivity (Wildman–Crippen MR) is 104 cm³/mol. The van der Waals surface area contributed by atoms with Crippen LogP contribution in [0.4, 0.5) is 0 Å². The molecule has 26 heavy (non-hydrogen) atoms. The molecule has 0 unspecified atom stereocenters. The molecule has 1 aliphatic rings. The van der Waals surface area contributed by atoms with Crippen LogP contribution in [0, 0.1) is 26.7 Å². The van der Waals surface area contributed by atoms with E-state index >= 15 is 0 Å². The number of hydrogen-bond acceptors (Lipinski definition) is 3. The van der Waals surface area contributed by atoms with E-state index in [2.05, 4.69) is 51.6 Å². The fourth-order valence-corrected chi connectivity index (χ4v) is 3.61. The third-order valence-electron chi connectivity index (χ3n) is 5.56. The first-order valence-electron chi connectivity index (χ1n) is 9.57. The van der Waals surface area contributed by atoms with Crippen molar-refractivity contribution in [1.29, 1.82) is 0 Å². The first-order valence-corrected chi connectivity index (χ1v) is 9.57. The van der Waals surface area contributed by atoms with Crippen LogP contribution in [0.1, 0.15) is 40.9 Å². The maximum absolute atomic E-state index is 12.1. The molecule has 0 radical (unpaired) electrons. The summed E-state index contributed by atoms with van der Waals surface area (Å²) in [4.78, 5) is 14.6. The molecule has 5 nitrogen and oxygen atoms in total. The lowest BCUT2D eigenvalue weighted by molar-refractivity contribution is -0.121. The number of benzene rings is 1. The van der Waals surface area contributed by atoms with Gasteiger partial charge in [-0.25, -0.2) is 0 Å². The normalized spacial score (nSPS) is 17.6. The van der Waals surface area contributed by atoms with Crippen molar-refractivity contribution in [1.82, 2.24) is 20.4 Å². The molecular formula is C21H30N4O. The van der Waals surface area contributed by atoms with E-state index in [4.69, 9.17) is 0 Å². The summed E-state index contributed by atoms with van der Waals surface area (Å²) in [7, 11) is 0. The Morgan fingerprint density at radius 3 is 2.85 bits per heavy atom. The van der Waals surface area contributed by atoms with Gasteiger partial charge in [-0.05, 0) is 56.3 Å². The topological polar surface area (TPSA) is 61.0 Å². The van der Waals surface area contributed by atoms with Gasteiger partial charge in [0.1, 0.15) is 0 Å². The van der Waals surface area contributed by atoms with Crippen molar-refractivity contribution in [2.75, 3.05) is 19.6 Å². The number of nitrogens with zero attached hydrogens (tertiary/aromatic N) is 2. The van der Waals surface area contributed by atoms with Crippen LogP contribution in [-0.4, -0.2) is 40.6 Å². The van der Waals surface area contributed by atoms with E-state index in [9.17, 15) is 4.79 Å². The second-order valence-electron chi connectivity index (χ2n) is 7.54. The fraction of sp³-hybridized carbons (Fsp3) is 0.524.